The van der Waals surface area contributed by atoms with Gasteiger partial charge in [-0.25, -0.2) is 17.8 Å². The Kier molecular flexibility index (Phi) is 4.99. The average molecular weight is 475 g/mol. The van der Waals surface area contributed by atoms with E-state index in [1.54, 1.807) is 41.1 Å². The summed E-state index contributed by atoms with van der Waals surface area (Å²) in [6, 6.07) is 16.2. The lowest BCUT2D eigenvalue weighted by Gasteiger charge is -2.19. The van der Waals surface area contributed by atoms with E-state index in [2.05, 4.69) is 16.4 Å². The van der Waals surface area contributed by atoms with Gasteiger partial charge in [0.15, 0.2) is 14.9 Å². The number of hydrogen-bond donors (Lipinski definition) is 1. The Balaban J connectivity index is 1.54. The molecule has 4 aromatic rings. The summed E-state index contributed by atoms with van der Waals surface area (Å²) < 4.78 is 39.0. The molecule has 0 saturated heterocycles. The number of fused-ring (bicyclic) bond motifs is 1. The molecule has 0 spiro atoms. The summed E-state index contributed by atoms with van der Waals surface area (Å²) in [7, 11) is -3.49. The zero-order valence-electron chi connectivity index (χ0n) is 18.1. The van der Waals surface area contributed by atoms with Gasteiger partial charge in [-0.15, -0.1) is 0 Å². The fraction of sp³-hybridized carbons (Fsp3) is 0.160. The number of carbonyl (C=O) groups is 1. The maximum atomic E-state index is 13.4. The second-order valence-electron chi connectivity index (χ2n) is 8.42. The first-order valence-corrected chi connectivity index (χ1v) is 12.4. The quantitative estimate of drug-likeness (QED) is 0.473. The van der Waals surface area contributed by atoms with E-state index < -0.39 is 15.4 Å². The van der Waals surface area contributed by atoms with Crippen molar-refractivity contribution in [3.8, 4) is 11.8 Å². The molecule has 0 aliphatic heterocycles. The van der Waals surface area contributed by atoms with Gasteiger partial charge < -0.3 is 9.88 Å². The molecule has 2 aromatic heterocycles. The van der Waals surface area contributed by atoms with E-state index in [0.717, 1.165) is 6.26 Å². The highest BCUT2D eigenvalue weighted by molar-refractivity contribution is 7.90. The molecule has 1 N–H and O–H groups in total. The van der Waals surface area contributed by atoms with Crippen molar-refractivity contribution in [3.05, 3.63) is 89.5 Å². The summed E-state index contributed by atoms with van der Waals surface area (Å²) in [5, 5.41) is 13.2. The Morgan fingerprint density at radius 3 is 2.53 bits per heavy atom. The highest BCUT2D eigenvalue weighted by atomic mass is 32.2. The number of halogens is 1. The summed E-state index contributed by atoms with van der Waals surface area (Å²) in [4.78, 5) is 17.3. The Bertz CT molecular complexity index is 1600. The molecule has 0 unspecified atom stereocenters. The predicted octanol–water partition coefficient (Wildman–Crippen LogP) is 3.86. The number of nitrogens with zero attached hydrogens (tertiary/aromatic N) is 3. The van der Waals surface area contributed by atoms with Gasteiger partial charge in [0.2, 0.25) is 0 Å². The lowest BCUT2D eigenvalue weighted by atomic mass is 10.0. The Morgan fingerprint density at radius 2 is 1.88 bits per heavy atom. The Labute approximate surface area is 195 Å². The molecule has 34 heavy (non-hydrogen) atoms. The molecule has 170 valence electrons. The predicted molar refractivity (Wildman–Crippen MR) is 124 cm³/mol. The largest absolute Gasteiger partial charge is 0.342 e. The number of nitriles is 1. The fourth-order valence-corrected chi connectivity index (χ4v) is 4.72. The van der Waals surface area contributed by atoms with Crippen LogP contribution in [0.2, 0.25) is 0 Å². The second-order valence-corrected chi connectivity index (χ2v) is 10.4. The first kappa shape index (κ1) is 21.8. The van der Waals surface area contributed by atoms with Gasteiger partial charge in [-0.2, -0.15) is 5.26 Å². The van der Waals surface area contributed by atoms with Crippen molar-refractivity contribution in [2.24, 2.45) is 0 Å². The monoisotopic (exact) mass is 474 g/mol. The van der Waals surface area contributed by atoms with Crippen LogP contribution >= 0.6 is 0 Å². The molecule has 0 radical (unpaired) electrons. The lowest BCUT2D eigenvalue weighted by Crippen LogP contribution is -2.35. The van der Waals surface area contributed by atoms with Crippen molar-refractivity contribution in [2.45, 2.75) is 23.4 Å². The lowest BCUT2D eigenvalue weighted by molar-refractivity contribution is 0.0932. The minimum atomic E-state index is -3.49. The van der Waals surface area contributed by atoms with Gasteiger partial charge in [0.1, 0.15) is 5.82 Å². The van der Waals surface area contributed by atoms with Gasteiger partial charge >= 0.3 is 0 Å². The summed E-state index contributed by atoms with van der Waals surface area (Å²) in [6.45, 7) is 0. The second kappa shape index (κ2) is 7.78. The van der Waals surface area contributed by atoms with Gasteiger partial charge in [0.25, 0.3) is 5.91 Å². The molecule has 1 aliphatic carbocycles. The van der Waals surface area contributed by atoms with E-state index in [9.17, 15) is 22.9 Å². The SMILES string of the molecule is CS(=O)(=O)c1cc(C2(NC(=O)c3cc(C#N)cc4c3ccn4-c3ccc(F)cc3)CC2)ccn1. The van der Waals surface area contributed by atoms with Crippen LogP contribution in [-0.4, -0.2) is 30.1 Å². The maximum Gasteiger partial charge on any atom is 0.252 e. The van der Waals surface area contributed by atoms with Crippen LogP contribution in [0.3, 0.4) is 0 Å². The number of pyridine rings is 1. The van der Waals surface area contributed by atoms with E-state index in [1.807, 2.05) is 0 Å². The van der Waals surface area contributed by atoms with Gasteiger partial charge in [0, 0.05) is 29.7 Å². The van der Waals surface area contributed by atoms with Crippen molar-refractivity contribution >= 4 is 26.6 Å². The number of amides is 1. The van der Waals surface area contributed by atoms with Crippen LogP contribution in [-0.2, 0) is 15.4 Å². The molecule has 1 fully saturated rings. The van der Waals surface area contributed by atoms with Crippen molar-refractivity contribution in [2.75, 3.05) is 6.26 Å². The molecular weight excluding hydrogens is 455 g/mol. The molecule has 1 aliphatic rings. The molecule has 1 saturated carbocycles. The van der Waals surface area contributed by atoms with Gasteiger partial charge in [-0.1, -0.05) is 0 Å². The molecule has 7 nitrogen and oxygen atoms in total. The fourth-order valence-electron chi connectivity index (χ4n) is 4.13. The van der Waals surface area contributed by atoms with Crippen LogP contribution < -0.4 is 5.32 Å². The maximum absolute atomic E-state index is 13.4. The van der Waals surface area contributed by atoms with E-state index in [-0.39, 0.29) is 16.8 Å². The average Bonchev–Trinajstić information content (AvgIpc) is 3.48. The van der Waals surface area contributed by atoms with Crippen LogP contribution in [0.5, 0.6) is 0 Å². The number of benzene rings is 2. The van der Waals surface area contributed by atoms with Crippen LogP contribution in [0.4, 0.5) is 4.39 Å². The molecular formula is C25H19FN4O3S. The zero-order chi connectivity index (χ0) is 24.1. The zero-order valence-corrected chi connectivity index (χ0v) is 18.9. The van der Waals surface area contributed by atoms with Crippen molar-refractivity contribution < 1.29 is 17.6 Å². The van der Waals surface area contributed by atoms with Crippen LogP contribution in [0.15, 0.2) is 72.0 Å². The Hall–Kier alpha value is -4.03. The van der Waals surface area contributed by atoms with E-state index >= 15 is 0 Å². The summed E-state index contributed by atoms with van der Waals surface area (Å²) in [6.07, 6.45) is 5.60. The van der Waals surface area contributed by atoms with Crippen LogP contribution in [0.25, 0.3) is 16.6 Å². The number of nitrogens with one attached hydrogen (secondary N) is 1. The molecule has 0 bridgehead atoms. The third-order valence-electron chi connectivity index (χ3n) is 6.06. The van der Waals surface area contributed by atoms with Crippen molar-refractivity contribution in [1.29, 1.82) is 5.26 Å². The van der Waals surface area contributed by atoms with Crippen molar-refractivity contribution in [3.63, 3.8) is 0 Å². The van der Waals surface area contributed by atoms with Crippen LogP contribution in [0, 0.1) is 17.1 Å². The smallest absolute Gasteiger partial charge is 0.252 e. The minimum Gasteiger partial charge on any atom is -0.342 e. The van der Waals surface area contributed by atoms with Crippen molar-refractivity contribution in [1.82, 2.24) is 14.9 Å². The molecule has 2 aromatic carbocycles. The third kappa shape index (κ3) is 3.82. The first-order valence-electron chi connectivity index (χ1n) is 10.5. The summed E-state index contributed by atoms with van der Waals surface area (Å²) in [5.41, 5.74) is 1.97. The number of rotatable bonds is 5. The number of sulfone groups is 1. The van der Waals surface area contributed by atoms with E-state index in [4.69, 9.17) is 0 Å². The topological polar surface area (TPSA) is 105 Å². The van der Waals surface area contributed by atoms with Gasteiger partial charge in [-0.05, 0) is 73.0 Å². The number of carbonyl (C=O) groups excluding carboxylic acids is 1. The molecule has 9 heteroatoms. The normalized spacial score (nSPS) is 14.5. The molecule has 5 rings (SSSR count). The number of aromatic nitrogens is 2. The molecule has 1 amide bonds. The minimum absolute atomic E-state index is 0.0456. The van der Waals surface area contributed by atoms with Gasteiger partial charge in [-0.3, -0.25) is 4.79 Å². The highest BCUT2D eigenvalue weighted by Crippen LogP contribution is 2.46. The van der Waals surface area contributed by atoms with E-state index in [1.165, 1.54) is 30.5 Å². The highest BCUT2D eigenvalue weighted by Gasteiger charge is 2.46. The summed E-state index contributed by atoms with van der Waals surface area (Å²) >= 11 is 0. The number of hydrogen-bond acceptors (Lipinski definition) is 5. The standard InChI is InChI=1S/C25H19FN4O3S/c1-34(32,33)23-14-17(6-10-28-23)25(8-9-25)29-24(31)21-12-16(15-27)13-22-20(21)7-11-30(22)19-4-2-18(26)3-5-19/h2-7,10-14H,8-9H2,1H3,(H,29,31). The Morgan fingerprint density at radius 1 is 1.15 bits per heavy atom. The van der Waals surface area contributed by atoms with E-state index in [0.29, 0.717) is 46.1 Å². The summed E-state index contributed by atoms with van der Waals surface area (Å²) in [5.74, 6) is -0.725. The van der Waals surface area contributed by atoms with Crippen LogP contribution in [0.1, 0.15) is 34.3 Å². The van der Waals surface area contributed by atoms with Gasteiger partial charge in [0.05, 0.1) is 28.3 Å². The first-order chi connectivity index (χ1) is 16.2. The molecule has 0 atom stereocenters. The third-order valence-corrected chi connectivity index (χ3v) is 7.04. The molecule has 2 heterocycles.